The molecule has 1 atom stereocenters. The second kappa shape index (κ2) is 7.28. The molecule has 0 amide bonds. The maximum atomic E-state index is 5.92. The van der Waals surface area contributed by atoms with E-state index >= 15 is 0 Å². The molecule has 0 radical (unpaired) electrons. The monoisotopic (exact) mass is 315 g/mol. The molecule has 2 heterocycles. The molecular formula is C17H21N3O3. The molecule has 3 rings (SSSR count). The van der Waals surface area contributed by atoms with E-state index in [9.17, 15) is 0 Å². The van der Waals surface area contributed by atoms with E-state index in [1.54, 1.807) is 7.11 Å². The molecule has 6 nitrogen and oxygen atoms in total. The fraction of sp³-hybridized carbons (Fsp3) is 0.412. The van der Waals surface area contributed by atoms with Gasteiger partial charge in [-0.1, -0.05) is 12.1 Å². The molecule has 122 valence electrons. The number of anilines is 1. The molecule has 1 aliphatic rings. The van der Waals surface area contributed by atoms with Crippen molar-refractivity contribution in [2.45, 2.75) is 13.0 Å². The number of ether oxygens (including phenoxy) is 3. The van der Waals surface area contributed by atoms with Gasteiger partial charge in [-0.3, -0.25) is 0 Å². The first-order chi connectivity index (χ1) is 11.3. The molecule has 1 aliphatic heterocycles. The predicted octanol–water partition coefficient (Wildman–Crippen LogP) is 2.46. The highest BCUT2D eigenvalue weighted by atomic mass is 16.5. The minimum atomic E-state index is -0.00985. The number of morpholine rings is 1. The van der Waals surface area contributed by atoms with Gasteiger partial charge in [0.2, 0.25) is 5.88 Å². The van der Waals surface area contributed by atoms with Crippen molar-refractivity contribution in [1.82, 2.24) is 9.97 Å². The Morgan fingerprint density at radius 2 is 2.22 bits per heavy atom. The maximum absolute atomic E-state index is 5.92. The zero-order valence-electron chi connectivity index (χ0n) is 13.4. The van der Waals surface area contributed by atoms with Gasteiger partial charge in [0, 0.05) is 19.2 Å². The van der Waals surface area contributed by atoms with E-state index in [0.717, 1.165) is 30.2 Å². The lowest BCUT2D eigenvalue weighted by atomic mass is 10.1. The first-order valence-electron chi connectivity index (χ1n) is 7.75. The number of rotatable bonds is 5. The molecule has 0 saturated carbocycles. The predicted molar refractivity (Wildman–Crippen MR) is 87.1 cm³/mol. The molecular weight excluding hydrogens is 294 g/mol. The van der Waals surface area contributed by atoms with Gasteiger partial charge in [-0.2, -0.15) is 0 Å². The molecule has 0 aliphatic carbocycles. The van der Waals surface area contributed by atoms with Crippen LogP contribution in [-0.2, 0) is 4.74 Å². The summed E-state index contributed by atoms with van der Waals surface area (Å²) in [6.07, 6.45) is 1.53. The van der Waals surface area contributed by atoms with Crippen LogP contribution in [0.2, 0.25) is 0 Å². The van der Waals surface area contributed by atoms with Crippen molar-refractivity contribution >= 4 is 5.82 Å². The Hall–Kier alpha value is -2.34. The summed E-state index contributed by atoms with van der Waals surface area (Å²) in [5, 5.41) is 0. The Morgan fingerprint density at radius 1 is 1.30 bits per heavy atom. The summed E-state index contributed by atoms with van der Waals surface area (Å²) in [6.45, 7) is 4.70. The van der Waals surface area contributed by atoms with Crippen molar-refractivity contribution in [3.63, 3.8) is 0 Å². The molecule has 1 fully saturated rings. The van der Waals surface area contributed by atoms with E-state index in [1.165, 1.54) is 6.33 Å². The van der Waals surface area contributed by atoms with Gasteiger partial charge in [0.05, 0.1) is 20.3 Å². The number of hydrogen-bond donors (Lipinski definition) is 0. The molecule has 23 heavy (non-hydrogen) atoms. The van der Waals surface area contributed by atoms with E-state index in [4.69, 9.17) is 14.2 Å². The minimum absolute atomic E-state index is 0.00985. The van der Waals surface area contributed by atoms with Crippen LogP contribution in [0.4, 0.5) is 5.82 Å². The van der Waals surface area contributed by atoms with Gasteiger partial charge < -0.3 is 19.1 Å². The lowest BCUT2D eigenvalue weighted by molar-refractivity contribution is 0.0393. The van der Waals surface area contributed by atoms with Crippen LogP contribution >= 0.6 is 0 Å². The number of nitrogens with zero attached hydrogens (tertiary/aromatic N) is 3. The van der Waals surface area contributed by atoms with Crippen molar-refractivity contribution in [1.29, 1.82) is 0 Å². The fourth-order valence-electron chi connectivity index (χ4n) is 2.63. The van der Waals surface area contributed by atoms with Crippen LogP contribution in [0.5, 0.6) is 11.6 Å². The average Bonchev–Trinajstić information content (AvgIpc) is 2.62. The van der Waals surface area contributed by atoms with Crippen LogP contribution in [0, 0.1) is 0 Å². The van der Waals surface area contributed by atoms with Gasteiger partial charge in [0.15, 0.2) is 0 Å². The van der Waals surface area contributed by atoms with Gasteiger partial charge in [-0.15, -0.1) is 0 Å². The molecule has 1 saturated heterocycles. The van der Waals surface area contributed by atoms with Crippen molar-refractivity contribution in [2.24, 2.45) is 0 Å². The van der Waals surface area contributed by atoms with Gasteiger partial charge in [-0.05, 0) is 24.6 Å². The van der Waals surface area contributed by atoms with Gasteiger partial charge in [-0.25, -0.2) is 9.97 Å². The third-order valence-corrected chi connectivity index (χ3v) is 3.78. The normalized spacial score (nSPS) is 17.8. The van der Waals surface area contributed by atoms with E-state index in [2.05, 4.69) is 20.9 Å². The minimum Gasteiger partial charge on any atom is -0.497 e. The molecule has 1 unspecified atom stereocenters. The Morgan fingerprint density at radius 3 is 3.04 bits per heavy atom. The highest BCUT2D eigenvalue weighted by Crippen LogP contribution is 2.28. The molecule has 2 aromatic rings. The summed E-state index contributed by atoms with van der Waals surface area (Å²) in [4.78, 5) is 10.7. The number of benzene rings is 1. The Kier molecular flexibility index (Phi) is 4.92. The van der Waals surface area contributed by atoms with Crippen molar-refractivity contribution < 1.29 is 14.2 Å². The van der Waals surface area contributed by atoms with Crippen LogP contribution in [0.1, 0.15) is 18.6 Å². The van der Waals surface area contributed by atoms with Gasteiger partial charge in [0.1, 0.15) is 24.0 Å². The third kappa shape index (κ3) is 3.71. The largest absolute Gasteiger partial charge is 0.497 e. The van der Waals surface area contributed by atoms with Gasteiger partial charge >= 0.3 is 0 Å². The van der Waals surface area contributed by atoms with E-state index < -0.39 is 0 Å². The molecule has 0 spiro atoms. The molecule has 0 N–H and O–H groups in total. The lowest BCUT2D eigenvalue weighted by Gasteiger charge is -2.34. The quantitative estimate of drug-likeness (QED) is 0.845. The fourth-order valence-corrected chi connectivity index (χ4v) is 2.63. The second-order valence-electron chi connectivity index (χ2n) is 5.23. The number of methoxy groups -OCH3 is 1. The number of hydrogen-bond acceptors (Lipinski definition) is 6. The summed E-state index contributed by atoms with van der Waals surface area (Å²) in [5.41, 5.74) is 1.10. The number of aromatic nitrogens is 2. The summed E-state index contributed by atoms with van der Waals surface area (Å²) < 4.78 is 16.7. The summed E-state index contributed by atoms with van der Waals surface area (Å²) in [7, 11) is 1.67. The van der Waals surface area contributed by atoms with Gasteiger partial charge in [0.25, 0.3) is 0 Å². The van der Waals surface area contributed by atoms with Crippen LogP contribution in [0.15, 0.2) is 36.7 Å². The molecule has 6 heteroatoms. The summed E-state index contributed by atoms with van der Waals surface area (Å²) in [5.74, 6) is 2.30. The molecule has 0 bridgehead atoms. The lowest BCUT2D eigenvalue weighted by Crippen LogP contribution is -2.38. The zero-order valence-corrected chi connectivity index (χ0v) is 13.4. The topological polar surface area (TPSA) is 56.7 Å². The Bertz CT molecular complexity index is 650. The van der Waals surface area contributed by atoms with E-state index in [0.29, 0.717) is 19.1 Å². The average molecular weight is 315 g/mol. The first kappa shape index (κ1) is 15.6. The van der Waals surface area contributed by atoms with Crippen LogP contribution < -0.4 is 14.4 Å². The SMILES string of the molecule is CCOc1cc(N2CCOC(c3cccc(OC)c3)C2)ncn1. The maximum Gasteiger partial charge on any atom is 0.218 e. The zero-order chi connectivity index (χ0) is 16.1. The smallest absolute Gasteiger partial charge is 0.218 e. The Labute approximate surface area is 136 Å². The van der Waals surface area contributed by atoms with Crippen LogP contribution in [-0.4, -0.2) is 43.4 Å². The van der Waals surface area contributed by atoms with E-state index in [1.807, 2.05) is 31.2 Å². The van der Waals surface area contributed by atoms with Crippen LogP contribution in [0.25, 0.3) is 0 Å². The first-order valence-corrected chi connectivity index (χ1v) is 7.75. The van der Waals surface area contributed by atoms with Crippen LogP contribution in [0.3, 0.4) is 0 Å². The highest BCUT2D eigenvalue weighted by molar-refractivity contribution is 5.42. The molecule has 1 aromatic heterocycles. The summed E-state index contributed by atoms with van der Waals surface area (Å²) >= 11 is 0. The molecule has 1 aromatic carbocycles. The Balaban J connectivity index is 1.76. The standard InChI is InChI=1S/C17H21N3O3/c1-3-22-17-10-16(18-12-19-17)20-7-8-23-15(11-20)13-5-4-6-14(9-13)21-2/h4-6,9-10,12,15H,3,7-8,11H2,1-2H3. The summed E-state index contributed by atoms with van der Waals surface area (Å²) in [6, 6.07) is 9.86. The van der Waals surface area contributed by atoms with Crippen molar-refractivity contribution in [3.8, 4) is 11.6 Å². The van der Waals surface area contributed by atoms with Crippen molar-refractivity contribution in [3.05, 3.63) is 42.2 Å². The van der Waals surface area contributed by atoms with Crippen molar-refractivity contribution in [2.75, 3.05) is 38.3 Å². The van der Waals surface area contributed by atoms with E-state index in [-0.39, 0.29) is 6.10 Å². The third-order valence-electron chi connectivity index (χ3n) is 3.78. The second-order valence-corrected chi connectivity index (χ2v) is 5.23. The highest BCUT2D eigenvalue weighted by Gasteiger charge is 2.23.